The number of hydrogen-bond acceptors (Lipinski definition) is 1. The SMILES string of the molecule is Cc1ccc(Cn2ccc(=O)cc2-c2cccc(C(C)(F)F)c2Cl)cc1. The van der Waals surface area contributed by atoms with Crippen molar-refractivity contribution in [3.63, 3.8) is 0 Å². The largest absolute Gasteiger partial charge is 0.343 e. The topological polar surface area (TPSA) is 22.0 Å². The summed E-state index contributed by atoms with van der Waals surface area (Å²) in [7, 11) is 0. The molecule has 1 heterocycles. The summed E-state index contributed by atoms with van der Waals surface area (Å²) in [6, 6.07) is 15.4. The van der Waals surface area contributed by atoms with Gasteiger partial charge in [0.1, 0.15) is 0 Å². The second-order valence-corrected chi connectivity index (χ2v) is 6.79. The van der Waals surface area contributed by atoms with Crippen LogP contribution >= 0.6 is 11.6 Å². The molecular weight excluding hydrogens is 356 g/mol. The van der Waals surface area contributed by atoms with Crippen molar-refractivity contribution in [2.24, 2.45) is 0 Å². The highest BCUT2D eigenvalue weighted by molar-refractivity contribution is 6.34. The van der Waals surface area contributed by atoms with Gasteiger partial charge in [0, 0.05) is 42.9 Å². The molecule has 0 aliphatic carbocycles. The minimum absolute atomic E-state index is 0.0387. The Bertz CT molecular complexity index is 988. The van der Waals surface area contributed by atoms with Crippen LogP contribution in [0.1, 0.15) is 23.6 Å². The first-order chi connectivity index (χ1) is 12.3. The van der Waals surface area contributed by atoms with Gasteiger partial charge in [-0.1, -0.05) is 59.6 Å². The molecule has 0 bridgehead atoms. The number of halogens is 3. The third-order valence-electron chi connectivity index (χ3n) is 4.23. The lowest BCUT2D eigenvalue weighted by Gasteiger charge is -2.18. The summed E-state index contributed by atoms with van der Waals surface area (Å²) in [5, 5.41) is -0.0387. The average Bonchev–Trinajstić information content (AvgIpc) is 2.58. The van der Waals surface area contributed by atoms with Crippen molar-refractivity contribution in [1.29, 1.82) is 0 Å². The van der Waals surface area contributed by atoms with Gasteiger partial charge in [-0.25, -0.2) is 8.78 Å². The van der Waals surface area contributed by atoms with Gasteiger partial charge in [-0.15, -0.1) is 0 Å². The molecule has 0 unspecified atom stereocenters. The van der Waals surface area contributed by atoms with Crippen LogP contribution in [0.4, 0.5) is 8.78 Å². The quantitative estimate of drug-likeness (QED) is 0.580. The number of alkyl halides is 2. The van der Waals surface area contributed by atoms with Gasteiger partial charge in [-0.3, -0.25) is 4.79 Å². The highest BCUT2D eigenvalue weighted by atomic mass is 35.5. The van der Waals surface area contributed by atoms with Crippen LogP contribution in [0.3, 0.4) is 0 Å². The van der Waals surface area contributed by atoms with Gasteiger partial charge in [0.25, 0.3) is 5.92 Å². The molecule has 3 rings (SSSR count). The molecule has 0 aliphatic rings. The molecular formula is C21H18ClF2NO. The molecule has 0 aliphatic heterocycles. The predicted octanol–water partition coefficient (Wildman–Crippen LogP) is 5.64. The Hall–Kier alpha value is -2.46. The summed E-state index contributed by atoms with van der Waals surface area (Å²) >= 11 is 6.28. The van der Waals surface area contributed by atoms with Gasteiger partial charge in [0.2, 0.25) is 0 Å². The summed E-state index contributed by atoms with van der Waals surface area (Å²) in [5.74, 6) is -3.07. The van der Waals surface area contributed by atoms with Crippen LogP contribution in [0.5, 0.6) is 0 Å². The van der Waals surface area contributed by atoms with Gasteiger partial charge in [-0.2, -0.15) is 0 Å². The summed E-state index contributed by atoms with van der Waals surface area (Å²) in [6.45, 7) is 3.31. The molecule has 3 aromatic rings. The first kappa shape index (κ1) is 18.3. The summed E-state index contributed by atoms with van der Waals surface area (Å²) in [4.78, 5) is 11.9. The van der Waals surface area contributed by atoms with E-state index < -0.39 is 5.92 Å². The Labute approximate surface area is 155 Å². The van der Waals surface area contributed by atoms with Crippen molar-refractivity contribution < 1.29 is 8.78 Å². The zero-order valence-electron chi connectivity index (χ0n) is 14.5. The Morgan fingerprint density at radius 1 is 1.08 bits per heavy atom. The Kier molecular flexibility index (Phi) is 4.97. The fourth-order valence-electron chi connectivity index (χ4n) is 2.84. The highest BCUT2D eigenvalue weighted by Gasteiger charge is 2.28. The van der Waals surface area contributed by atoms with E-state index in [9.17, 15) is 13.6 Å². The molecule has 0 saturated heterocycles. The van der Waals surface area contributed by atoms with E-state index in [-0.39, 0.29) is 16.0 Å². The van der Waals surface area contributed by atoms with E-state index in [1.165, 1.54) is 24.3 Å². The summed E-state index contributed by atoms with van der Waals surface area (Å²) in [6.07, 6.45) is 1.66. The molecule has 0 saturated carbocycles. The monoisotopic (exact) mass is 373 g/mol. The first-order valence-electron chi connectivity index (χ1n) is 8.19. The number of pyridine rings is 1. The van der Waals surface area contributed by atoms with E-state index in [0.29, 0.717) is 17.8 Å². The van der Waals surface area contributed by atoms with E-state index in [4.69, 9.17) is 11.6 Å². The van der Waals surface area contributed by atoms with Crippen LogP contribution in [-0.4, -0.2) is 4.57 Å². The van der Waals surface area contributed by atoms with E-state index >= 15 is 0 Å². The van der Waals surface area contributed by atoms with Gasteiger partial charge in [-0.05, 0) is 12.5 Å². The molecule has 5 heteroatoms. The average molecular weight is 374 g/mol. The van der Waals surface area contributed by atoms with Crippen LogP contribution in [0.15, 0.2) is 65.6 Å². The second-order valence-electron chi connectivity index (χ2n) is 6.42. The van der Waals surface area contributed by atoms with Gasteiger partial charge in [0.05, 0.1) is 10.7 Å². The van der Waals surface area contributed by atoms with Gasteiger partial charge < -0.3 is 4.57 Å². The van der Waals surface area contributed by atoms with Crippen molar-refractivity contribution in [2.45, 2.75) is 26.3 Å². The molecule has 0 atom stereocenters. The Morgan fingerprint density at radius 2 is 1.77 bits per heavy atom. The minimum atomic E-state index is -3.07. The zero-order chi connectivity index (χ0) is 18.9. The zero-order valence-corrected chi connectivity index (χ0v) is 15.2. The minimum Gasteiger partial charge on any atom is -0.343 e. The third kappa shape index (κ3) is 3.86. The summed E-state index contributed by atoms with van der Waals surface area (Å²) < 4.78 is 29.5. The number of nitrogens with zero attached hydrogens (tertiary/aromatic N) is 1. The van der Waals surface area contributed by atoms with Gasteiger partial charge >= 0.3 is 0 Å². The highest BCUT2D eigenvalue weighted by Crippen LogP contribution is 2.38. The molecule has 26 heavy (non-hydrogen) atoms. The smallest absolute Gasteiger partial charge is 0.271 e. The molecule has 0 N–H and O–H groups in total. The standard InChI is InChI=1S/C21H18ClF2NO/c1-14-6-8-15(9-7-14)13-25-11-10-16(26)12-19(25)17-4-3-5-18(20(17)22)21(2,23)24/h3-12H,13H2,1-2H3. The molecule has 1 aromatic heterocycles. The third-order valence-corrected chi connectivity index (χ3v) is 4.64. The van der Waals surface area contributed by atoms with Crippen molar-refractivity contribution in [1.82, 2.24) is 4.57 Å². The van der Waals surface area contributed by atoms with Crippen LogP contribution in [0.2, 0.25) is 5.02 Å². The molecule has 2 aromatic carbocycles. The van der Waals surface area contributed by atoms with E-state index in [2.05, 4.69) is 0 Å². The van der Waals surface area contributed by atoms with Crippen LogP contribution in [0, 0.1) is 6.92 Å². The molecule has 0 radical (unpaired) electrons. The predicted molar refractivity (Wildman–Crippen MR) is 101 cm³/mol. The molecule has 134 valence electrons. The fraction of sp³-hybridized carbons (Fsp3) is 0.190. The van der Waals surface area contributed by atoms with Crippen molar-refractivity contribution in [2.75, 3.05) is 0 Å². The second kappa shape index (κ2) is 7.04. The lowest BCUT2D eigenvalue weighted by atomic mass is 10.0. The van der Waals surface area contributed by atoms with Crippen LogP contribution in [-0.2, 0) is 12.5 Å². The molecule has 0 fully saturated rings. The van der Waals surface area contributed by atoms with Crippen molar-refractivity contribution >= 4 is 11.6 Å². The Balaban J connectivity index is 2.12. The number of aryl methyl sites for hydroxylation is 1. The normalized spacial score (nSPS) is 11.6. The molecule has 0 spiro atoms. The van der Waals surface area contributed by atoms with Crippen molar-refractivity contribution in [3.8, 4) is 11.3 Å². The number of benzene rings is 2. The maximum atomic E-state index is 13.8. The van der Waals surface area contributed by atoms with E-state index in [1.807, 2.05) is 35.8 Å². The van der Waals surface area contributed by atoms with Gasteiger partial charge in [0.15, 0.2) is 5.43 Å². The Morgan fingerprint density at radius 3 is 2.42 bits per heavy atom. The lowest BCUT2D eigenvalue weighted by molar-refractivity contribution is 0.0176. The molecule has 0 amide bonds. The lowest BCUT2D eigenvalue weighted by Crippen LogP contribution is -2.12. The van der Waals surface area contributed by atoms with Crippen molar-refractivity contribution in [3.05, 3.63) is 92.7 Å². The molecule has 2 nitrogen and oxygen atoms in total. The van der Waals surface area contributed by atoms with E-state index in [0.717, 1.165) is 18.1 Å². The number of rotatable bonds is 4. The number of hydrogen-bond donors (Lipinski definition) is 0. The maximum Gasteiger partial charge on any atom is 0.271 e. The fourth-order valence-corrected chi connectivity index (χ4v) is 3.23. The van der Waals surface area contributed by atoms with E-state index in [1.54, 1.807) is 12.3 Å². The first-order valence-corrected chi connectivity index (χ1v) is 8.57. The number of aromatic nitrogens is 1. The maximum absolute atomic E-state index is 13.8. The van der Waals surface area contributed by atoms with Crippen LogP contribution < -0.4 is 5.43 Å². The van der Waals surface area contributed by atoms with Crippen LogP contribution in [0.25, 0.3) is 11.3 Å². The summed E-state index contributed by atoms with van der Waals surface area (Å²) in [5.41, 5.74) is 2.65.